The number of rotatable bonds is 4. The van der Waals surface area contributed by atoms with Crippen molar-refractivity contribution < 1.29 is 14.3 Å². The lowest BCUT2D eigenvalue weighted by molar-refractivity contribution is -0.133. The summed E-state index contributed by atoms with van der Waals surface area (Å²) in [6.45, 7) is 2.11. The number of amides is 1. The van der Waals surface area contributed by atoms with Gasteiger partial charge in [0.15, 0.2) is 11.5 Å². The summed E-state index contributed by atoms with van der Waals surface area (Å²) >= 11 is 0. The molecule has 1 amide bonds. The molecule has 2 N–H and O–H groups in total. The number of nitrogens with zero attached hydrogens (tertiary/aromatic N) is 1. The molecule has 0 saturated heterocycles. The fourth-order valence-corrected chi connectivity index (χ4v) is 2.89. The molecular formula is C20H19N3O3. The van der Waals surface area contributed by atoms with Gasteiger partial charge in [0.05, 0.1) is 18.4 Å². The van der Waals surface area contributed by atoms with Crippen LogP contribution in [0.5, 0.6) is 11.5 Å². The maximum Gasteiger partial charge on any atom is 0.265 e. The fraction of sp³-hybridized carbons (Fsp3) is 0.200. The van der Waals surface area contributed by atoms with Crippen LogP contribution in [0.4, 0.5) is 0 Å². The second kappa shape index (κ2) is 6.92. The molecule has 0 unspecified atom stereocenters. The number of H-pyrrole nitrogens is 1. The Balaban J connectivity index is 1.39. The molecule has 132 valence electrons. The summed E-state index contributed by atoms with van der Waals surface area (Å²) < 4.78 is 11.6. The second-order valence-electron chi connectivity index (χ2n) is 6.14. The number of fused-ring (bicyclic) bond motifs is 1. The van der Waals surface area contributed by atoms with Crippen molar-refractivity contribution in [2.24, 2.45) is 0 Å². The largest absolute Gasteiger partial charge is 0.482 e. The summed E-state index contributed by atoms with van der Waals surface area (Å²) in [6, 6.07) is 17.2. The van der Waals surface area contributed by atoms with Gasteiger partial charge in [-0.2, -0.15) is 0 Å². The molecule has 2 atom stereocenters. The van der Waals surface area contributed by atoms with Crippen molar-refractivity contribution in [2.45, 2.75) is 25.7 Å². The van der Waals surface area contributed by atoms with Crippen LogP contribution in [0.3, 0.4) is 0 Å². The van der Waals surface area contributed by atoms with Crippen molar-refractivity contribution in [2.75, 3.05) is 0 Å². The van der Waals surface area contributed by atoms with Crippen molar-refractivity contribution in [1.82, 2.24) is 15.3 Å². The highest BCUT2D eigenvalue weighted by atomic mass is 16.6. The van der Waals surface area contributed by atoms with E-state index in [0.29, 0.717) is 23.9 Å². The lowest BCUT2D eigenvalue weighted by Crippen LogP contribution is -2.48. The molecule has 1 aliphatic heterocycles. The molecule has 26 heavy (non-hydrogen) atoms. The number of hydrogen-bond donors (Lipinski definition) is 2. The van der Waals surface area contributed by atoms with Gasteiger partial charge in [0.2, 0.25) is 6.10 Å². The molecule has 0 aliphatic carbocycles. The summed E-state index contributed by atoms with van der Waals surface area (Å²) in [5, 5.41) is 2.86. The van der Waals surface area contributed by atoms with Crippen LogP contribution in [0.2, 0.25) is 0 Å². The zero-order valence-corrected chi connectivity index (χ0v) is 14.3. The Hall–Kier alpha value is -3.28. The van der Waals surface area contributed by atoms with E-state index in [0.717, 1.165) is 11.3 Å². The molecule has 6 nitrogen and oxygen atoms in total. The monoisotopic (exact) mass is 349 g/mol. The highest BCUT2D eigenvalue weighted by Crippen LogP contribution is 2.33. The normalized spacial score (nSPS) is 18.3. The Morgan fingerprint density at radius 3 is 2.54 bits per heavy atom. The first-order chi connectivity index (χ1) is 12.7. The number of aromatic amines is 1. The van der Waals surface area contributed by atoms with Crippen molar-refractivity contribution in [3.05, 3.63) is 66.6 Å². The van der Waals surface area contributed by atoms with Gasteiger partial charge in [-0.3, -0.25) is 4.79 Å². The molecule has 1 aromatic heterocycles. The molecule has 3 aromatic rings. The average molecular weight is 349 g/mol. The lowest BCUT2D eigenvalue weighted by Gasteiger charge is -2.30. The number of carbonyl (C=O) groups excluding carboxylic acids is 1. The van der Waals surface area contributed by atoms with Gasteiger partial charge < -0.3 is 19.8 Å². The maximum atomic E-state index is 12.5. The van der Waals surface area contributed by atoms with Gasteiger partial charge in [0.1, 0.15) is 11.9 Å². The van der Waals surface area contributed by atoms with E-state index in [1.165, 1.54) is 0 Å². The highest BCUT2D eigenvalue weighted by molar-refractivity contribution is 5.82. The van der Waals surface area contributed by atoms with Crippen LogP contribution in [0.25, 0.3) is 11.3 Å². The van der Waals surface area contributed by atoms with Gasteiger partial charge in [-0.1, -0.05) is 42.5 Å². The molecule has 4 rings (SSSR count). The average Bonchev–Trinajstić information content (AvgIpc) is 3.15. The molecule has 2 heterocycles. The van der Waals surface area contributed by atoms with Crippen LogP contribution < -0.4 is 14.8 Å². The second-order valence-corrected chi connectivity index (χ2v) is 6.14. The van der Waals surface area contributed by atoms with Gasteiger partial charge in [0.25, 0.3) is 5.91 Å². The van der Waals surface area contributed by atoms with Crippen molar-refractivity contribution in [3.8, 4) is 22.8 Å². The number of benzene rings is 2. The van der Waals surface area contributed by atoms with Crippen molar-refractivity contribution >= 4 is 5.91 Å². The van der Waals surface area contributed by atoms with E-state index in [1.54, 1.807) is 12.3 Å². The van der Waals surface area contributed by atoms with E-state index in [9.17, 15) is 4.79 Å². The number of imidazole rings is 1. The van der Waals surface area contributed by atoms with Gasteiger partial charge in [0, 0.05) is 0 Å². The Labute approximate surface area is 151 Å². The fourth-order valence-electron chi connectivity index (χ4n) is 2.89. The number of hydrogen-bond acceptors (Lipinski definition) is 4. The quantitative estimate of drug-likeness (QED) is 0.759. The minimum absolute atomic E-state index is 0.232. The first-order valence-corrected chi connectivity index (χ1v) is 8.50. The molecule has 0 bridgehead atoms. The summed E-state index contributed by atoms with van der Waals surface area (Å²) in [7, 11) is 0. The molecule has 1 aliphatic rings. The molecule has 0 spiro atoms. The smallest absolute Gasteiger partial charge is 0.265 e. The molecule has 0 radical (unpaired) electrons. The first-order valence-electron chi connectivity index (χ1n) is 8.50. The standard InChI is InChI=1S/C20H19N3O3/c1-13-19(26-17-10-6-5-9-16(17)25-13)20(24)22-12-18-21-11-15(23-18)14-7-3-2-4-8-14/h2-11,13,19H,12H2,1H3,(H,21,23)(H,22,24)/t13-,19+/m0/s1. The summed E-state index contributed by atoms with van der Waals surface area (Å²) in [6.07, 6.45) is 0.686. The lowest BCUT2D eigenvalue weighted by atomic mass is 10.1. The van der Waals surface area contributed by atoms with Gasteiger partial charge in [-0.05, 0) is 24.6 Å². The number of carbonyl (C=O) groups is 1. The van der Waals surface area contributed by atoms with E-state index in [-0.39, 0.29) is 12.0 Å². The van der Waals surface area contributed by atoms with E-state index in [2.05, 4.69) is 15.3 Å². The number of nitrogens with one attached hydrogen (secondary N) is 2. The first kappa shape index (κ1) is 16.2. The van der Waals surface area contributed by atoms with Crippen LogP contribution in [-0.4, -0.2) is 28.1 Å². The van der Waals surface area contributed by atoms with Crippen LogP contribution >= 0.6 is 0 Å². The Bertz CT molecular complexity index is 907. The molecule has 6 heteroatoms. The van der Waals surface area contributed by atoms with Crippen LogP contribution in [-0.2, 0) is 11.3 Å². The molecule has 0 saturated carbocycles. The summed E-state index contributed by atoms with van der Waals surface area (Å²) in [5.41, 5.74) is 1.96. The van der Waals surface area contributed by atoms with E-state index < -0.39 is 6.10 Å². The zero-order valence-electron chi connectivity index (χ0n) is 14.3. The van der Waals surface area contributed by atoms with E-state index >= 15 is 0 Å². The van der Waals surface area contributed by atoms with Crippen molar-refractivity contribution in [3.63, 3.8) is 0 Å². The predicted molar refractivity (Wildman–Crippen MR) is 96.8 cm³/mol. The minimum Gasteiger partial charge on any atom is -0.482 e. The Kier molecular flexibility index (Phi) is 4.31. The highest BCUT2D eigenvalue weighted by Gasteiger charge is 2.33. The molecule has 0 fully saturated rings. The van der Waals surface area contributed by atoms with Gasteiger partial charge in [-0.15, -0.1) is 0 Å². The SMILES string of the molecule is C[C@@H]1Oc2ccccc2O[C@H]1C(=O)NCc1ncc(-c2ccccc2)[nH]1. The number of ether oxygens (including phenoxy) is 2. The summed E-state index contributed by atoms with van der Waals surface area (Å²) in [5.74, 6) is 1.68. The van der Waals surface area contributed by atoms with Crippen LogP contribution in [0.1, 0.15) is 12.7 Å². The maximum absolute atomic E-state index is 12.5. The van der Waals surface area contributed by atoms with Gasteiger partial charge in [-0.25, -0.2) is 4.98 Å². The third-order valence-electron chi connectivity index (χ3n) is 4.24. The van der Waals surface area contributed by atoms with E-state index in [4.69, 9.17) is 9.47 Å². The topological polar surface area (TPSA) is 76.2 Å². The predicted octanol–water partition coefficient (Wildman–Crippen LogP) is 2.92. The number of aromatic nitrogens is 2. The van der Waals surface area contributed by atoms with Crippen molar-refractivity contribution in [1.29, 1.82) is 0 Å². The molecule has 2 aromatic carbocycles. The minimum atomic E-state index is -0.701. The van der Waals surface area contributed by atoms with Gasteiger partial charge >= 0.3 is 0 Å². The van der Waals surface area contributed by atoms with Crippen LogP contribution in [0.15, 0.2) is 60.8 Å². The Morgan fingerprint density at radius 2 is 1.77 bits per heavy atom. The molecular weight excluding hydrogens is 330 g/mol. The third kappa shape index (κ3) is 3.26. The van der Waals surface area contributed by atoms with E-state index in [1.807, 2.05) is 55.5 Å². The van der Waals surface area contributed by atoms with Crippen LogP contribution in [0, 0.1) is 0 Å². The summed E-state index contributed by atoms with van der Waals surface area (Å²) in [4.78, 5) is 20.0. The third-order valence-corrected chi connectivity index (χ3v) is 4.24. The number of para-hydroxylation sites is 2. The zero-order chi connectivity index (χ0) is 17.9. The Morgan fingerprint density at radius 1 is 1.08 bits per heavy atom.